The number of hydrogen-bond acceptors (Lipinski definition) is 2. The first-order chi connectivity index (χ1) is 7.18. The van der Waals surface area contributed by atoms with Crippen LogP contribution in [0.25, 0.3) is 0 Å². The van der Waals surface area contributed by atoms with Crippen molar-refractivity contribution >= 4 is 11.6 Å². The van der Waals surface area contributed by atoms with E-state index in [-0.39, 0.29) is 6.04 Å². The summed E-state index contributed by atoms with van der Waals surface area (Å²) in [5, 5.41) is 4.81. The number of rotatable bonds is 3. The van der Waals surface area contributed by atoms with Gasteiger partial charge in [-0.05, 0) is 12.3 Å². The molecule has 1 aliphatic rings. The van der Waals surface area contributed by atoms with Gasteiger partial charge in [0.05, 0.1) is 16.9 Å². The molecule has 1 aliphatic carbocycles. The molecule has 0 amide bonds. The quantitative estimate of drug-likeness (QED) is 0.863. The Morgan fingerprint density at radius 2 is 2.27 bits per heavy atom. The Kier molecular flexibility index (Phi) is 3.32. The van der Waals surface area contributed by atoms with Gasteiger partial charge in [0.1, 0.15) is 0 Å². The van der Waals surface area contributed by atoms with Crippen LogP contribution >= 0.6 is 11.6 Å². The van der Waals surface area contributed by atoms with E-state index in [9.17, 15) is 0 Å². The molecule has 1 saturated carbocycles. The van der Waals surface area contributed by atoms with Gasteiger partial charge in [0, 0.05) is 13.1 Å². The summed E-state index contributed by atoms with van der Waals surface area (Å²) in [6.45, 7) is 0. The molecule has 15 heavy (non-hydrogen) atoms. The number of aryl methyl sites for hydroxylation is 1. The van der Waals surface area contributed by atoms with Crippen molar-refractivity contribution in [3.05, 3.63) is 16.9 Å². The molecule has 0 aromatic carbocycles. The number of nitrogens with two attached hydrogens (primary N) is 1. The smallest absolute Gasteiger partial charge is 0.0833 e. The van der Waals surface area contributed by atoms with Gasteiger partial charge in [0.15, 0.2) is 0 Å². The van der Waals surface area contributed by atoms with Gasteiger partial charge in [-0.25, -0.2) is 0 Å². The summed E-state index contributed by atoms with van der Waals surface area (Å²) in [7, 11) is 1.90. The normalized spacial score (nSPS) is 19.7. The molecule has 2 rings (SSSR count). The van der Waals surface area contributed by atoms with Gasteiger partial charge in [0.2, 0.25) is 0 Å². The summed E-state index contributed by atoms with van der Waals surface area (Å²) in [6, 6.07) is 0.0353. The lowest BCUT2D eigenvalue weighted by molar-refractivity contribution is 0.436. The summed E-state index contributed by atoms with van der Waals surface area (Å²) in [6.07, 6.45) is 8.07. The lowest BCUT2D eigenvalue weighted by Gasteiger charge is -2.16. The first-order valence-electron chi connectivity index (χ1n) is 5.61. The van der Waals surface area contributed by atoms with E-state index >= 15 is 0 Å². The highest BCUT2D eigenvalue weighted by atomic mass is 35.5. The van der Waals surface area contributed by atoms with E-state index in [1.165, 1.54) is 25.7 Å². The molecule has 0 radical (unpaired) electrons. The third-order valence-corrected chi connectivity index (χ3v) is 3.64. The molecule has 1 unspecified atom stereocenters. The molecule has 1 aromatic rings. The second-order valence-electron chi connectivity index (χ2n) is 4.49. The molecule has 0 aliphatic heterocycles. The van der Waals surface area contributed by atoms with Crippen molar-refractivity contribution < 1.29 is 0 Å². The van der Waals surface area contributed by atoms with Crippen molar-refractivity contribution in [2.45, 2.75) is 38.1 Å². The Morgan fingerprint density at radius 1 is 1.60 bits per heavy atom. The largest absolute Gasteiger partial charge is 0.323 e. The highest BCUT2D eigenvalue weighted by Crippen LogP contribution is 2.33. The van der Waals surface area contributed by atoms with Crippen molar-refractivity contribution in [2.24, 2.45) is 18.7 Å². The van der Waals surface area contributed by atoms with Crippen molar-refractivity contribution in [1.82, 2.24) is 9.78 Å². The summed E-state index contributed by atoms with van der Waals surface area (Å²) < 4.78 is 1.79. The van der Waals surface area contributed by atoms with E-state index in [4.69, 9.17) is 17.3 Å². The van der Waals surface area contributed by atoms with Crippen LogP contribution in [-0.2, 0) is 7.05 Å². The van der Waals surface area contributed by atoms with Crippen LogP contribution in [-0.4, -0.2) is 9.78 Å². The van der Waals surface area contributed by atoms with Gasteiger partial charge in [-0.2, -0.15) is 5.10 Å². The standard InChI is InChI=1S/C11H18ClN3/c1-15-11(9(12)7-14-15)10(13)6-8-4-2-3-5-8/h7-8,10H,2-6,13H2,1H3. The Labute approximate surface area is 95.6 Å². The maximum Gasteiger partial charge on any atom is 0.0833 e. The number of aromatic nitrogens is 2. The molecule has 2 N–H and O–H groups in total. The maximum absolute atomic E-state index is 6.18. The first-order valence-corrected chi connectivity index (χ1v) is 5.99. The topological polar surface area (TPSA) is 43.8 Å². The second-order valence-corrected chi connectivity index (χ2v) is 4.90. The van der Waals surface area contributed by atoms with Crippen LogP contribution in [0.15, 0.2) is 6.20 Å². The predicted octanol–water partition coefficient (Wildman–Crippen LogP) is 2.65. The number of halogens is 1. The minimum Gasteiger partial charge on any atom is -0.323 e. The molecule has 1 fully saturated rings. The summed E-state index contributed by atoms with van der Waals surface area (Å²) in [5.74, 6) is 0.783. The lowest BCUT2D eigenvalue weighted by atomic mass is 9.97. The molecule has 0 bridgehead atoms. The van der Waals surface area contributed by atoms with Gasteiger partial charge in [-0.1, -0.05) is 37.3 Å². The van der Waals surface area contributed by atoms with Gasteiger partial charge < -0.3 is 5.73 Å². The fourth-order valence-electron chi connectivity index (χ4n) is 2.55. The SMILES string of the molecule is Cn1ncc(Cl)c1C(N)CC1CCCC1. The minimum absolute atomic E-state index is 0.0353. The molecule has 1 aromatic heterocycles. The fourth-order valence-corrected chi connectivity index (χ4v) is 2.86. The third-order valence-electron chi connectivity index (χ3n) is 3.35. The average Bonchev–Trinajstić information content (AvgIpc) is 2.77. The molecule has 3 nitrogen and oxygen atoms in total. The molecule has 1 heterocycles. The van der Waals surface area contributed by atoms with Gasteiger partial charge in [-0.3, -0.25) is 4.68 Å². The maximum atomic E-state index is 6.18. The molecule has 84 valence electrons. The zero-order valence-corrected chi connectivity index (χ0v) is 9.87. The average molecular weight is 228 g/mol. The minimum atomic E-state index is 0.0353. The van der Waals surface area contributed by atoms with Gasteiger partial charge >= 0.3 is 0 Å². The Hall–Kier alpha value is -0.540. The van der Waals surface area contributed by atoms with Gasteiger partial charge in [0.25, 0.3) is 0 Å². The van der Waals surface area contributed by atoms with Crippen molar-refractivity contribution in [3.63, 3.8) is 0 Å². The van der Waals surface area contributed by atoms with E-state index in [2.05, 4.69) is 5.10 Å². The number of nitrogens with zero attached hydrogens (tertiary/aromatic N) is 2. The highest BCUT2D eigenvalue weighted by Gasteiger charge is 2.22. The number of hydrogen-bond donors (Lipinski definition) is 1. The molecule has 0 spiro atoms. The van der Waals surface area contributed by atoms with Crippen LogP contribution in [0.2, 0.25) is 5.02 Å². The molecule has 0 saturated heterocycles. The van der Waals surface area contributed by atoms with Crippen molar-refractivity contribution in [2.75, 3.05) is 0 Å². The van der Waals surface area contributed by atoms with E-state index < -0.39 is 0 Å². The highest BCUT2D eigenvalue weighted by molar-refractivity contribution is 6.31. The zero-order chi connectivity index (χ0) is 10.8. The Morgan fingerprint density at radius 3 is 2.80 bits per heavy atom. The van der Waals surface area contributed by atoms with E-state index in [1.54, 1.807) is 10.9 Å². The third kappa shape index (κ3) is 2.34. The summed E-state index contributed by atoms with van der Waals surface area (Å²) in [4.78, 5) is 0. The summed E-state index contributed by atoms with van der Waals surface area (Å²) >= 11 is 6.06. The Bertz CT molecular complexity index is 309. The predicted molar refractivity (Wildman–Crippen MR) is 61.7 cm³/mol. The van der Waals surface area contributed by atoms with E-state index in [0.29, 0.717) is 5.02 Å². The van der Waals surface area contributed by atoms with Crippen LogP contribution < -0.4 is 5.73 Å². The van der Waals surface area contributed by atoms with Crippen LogP contribution in [0, 0.1) is 5.92 Å². The molecular weight excluding hydrogens is 210 g/mol. The monoisotopic (exact) mass is 227 g/mol. The van der Waals surface area contributed by atoms with Crippen molar-refractivity contribution in [1.29, 1.82) is 0 Å². The Balaban J connectivity index is 2.03. The first kappa shape index (κ1) is 11.0. The molecule has 4 heteroatoms. The van der Waals surface area contributed by atoms with Crippen LogP contribution in [0.1, 0.15) is 43.8 Å². The fraction of sp³-hybridized carbons (Fsp3) is 0.727. The van der Waals surface area contributed by atoms with E-state index in [0.717, 1.165) is 18.0 Å². The lowest BCUT2D eigenvalue weighted by Crippen LogP contribution is -2.18. The van der Waals surface area contributed by atoms with E-state index in [1.807, 2.05) is 7.05 Å². The second kappa shape index (κ2) is 4.54. The summed E-state index contributed by atoms with van der Waals surface area (Å²) in [5.41, 5.74) is 7.15. The zero-order valence-electron chi connectivity index (χ0n) is 9.12. The molecule has 1 atom stereocenters. The van der Waals surface area contributed by atoms with Crippen LogP contribution in [0.4, 0.5) is 0 Å². The molecular formula is C11H18ClN3. The van der Waals surface area contributed by atoms with Gasteiger partial charge in [-0.15, -0.1) is 0 Å². The van der Waals surface area contributed by atoms with Crippen LogP contribution in [0.5, 0.6) is 0 Å². The van der Waals surface area contributed by atoms with Crippen molar-refractivity contribution in [3.8, 4) is 0 Å². The van der Waals surface area contributed by atoms with Crippen LogP contribution in [0.3, 0.4) is 0 Å².